The van der Waals surface area contributed by atoms with Gasteiger partial charge in [0.05, 0.1) is 5.69 Å². The third-order valence-electron chi connectivity index (χ3n) is 2.39. The molecule has 3 nitrogen and oxygen atoms in total. The third-order valence-corrected chi connectivity index (χ3v) is 3.64. The van der Waals surface area contributed by atoms with Crippen molar-refractivity contribution in [1.82, 2.24) is 15.1 Å². The van der Waals surface area contributed by atoms with Gasteiger partial charge in [-0.2, -0.15) is 16.9 Å². The molecule has 2 rings (SSSR count). The average molecular weight is 244 g/mol. The smallest absolute Gasteiger partial charge is 0.151 e. The number of nitrogens with zero attached hydrogens (tertiary/aromatic N) is 3. The van der Waals surface area contributed by atoms with Crippen LogP contribution in [0, 0.1) is 0 Å². The molecule has 5 heteroatoms. The summed E-state index contributed by atoms with van der Waals surface area (Å²) in [5.41, 5.74) is 1.01. The maximum atomic E-state index is 5.69. The van der Waals surface area contributed by atoms with E-state index >= 15 is 0 Å². The topological polar surface area (TPSA) is 29.0 Å². The van der Waals surface area contributed by atoms with E-state index < -0.39 is 0 Å². The van der Waals surface area contributed by atoms with Crippen molar-refractivity contribution in [1.29, 1.82) is 0 Å². The summed E-state index contributed by atoms with van der Waals surface area (Å²) in [5, 5.41) is 8.39. The van der Waals surface area contributed by atoms with Crippen LogP contribution in [0.3, 0.4) is 0 Å². The minimum atomic E-state index is 0.463. The lowest BCUT2D eigenvalue weighted by molar-refractivity contribution is 0.283. The molecule has 15 heavy (non-hydrogen) atoms. The zero-order chi connectivity index (χ0) is 10.5. The lowest BCUT2D eigenvalue weighted by atomic mass is 10.3. The van der Waals surface area contributed by atoms with Crippen molar-refractivity contribution in [2.45, 2.75) is 13.0 Å². The number of rotatable bonds is 2. The van der Waals surface area contributed by atoms with E-state index in [4.69, 9.17) is 11.6 Å². The lowest BCUT2D eigenvalue weighted by Gasteiger charge is -2.18. The average Bonchev–Trinajstić information content (AvgIpc) is 2.50. The number of hydrogen-bond donors (Lipinski definition) is 0. The Morgan fingerprint density at radius 2 is 2.20 bits per heavy atom. The minimum absolute atomic E-state index is 0.463. The minimum Gasteiger partial charge on any atom is -0.297 e. The van der Waals surface area contributed by atoms with Crippen molar-refractivity contribution in [2.24, 2.45) is 0 Å². The first-order valence-electron chi connectivity index (χ1n) is 5.13. The number of halogens is 1. The maximum absolute atomic E-state index is 5.69. The Balaban J connectivity index is 1.92. The summed E-state index contributed by atoms with van der Waals surface area (Å²) in [6.07, 6.45) is 1.27. The normalized spacial score (nSPS) is 18.7. The summed E-state index contributed by atoms with van der Waals surface area (Å²) in [5.74, 6) is 2.50. The molecule has 0 aromatic carbocycles. The summed E-state index contributed by atoms with van der Waals surface area (Å²) in [4.78, 5) is 2.43. The van der Waals surface area contributed by atoms with Gasteiger partial charge < -0.3 is 0 Å². The molecule has 1 aromatic heterocycles. The van der Waals surface area contributed by atoms with Crippen molar-refractivity contribution in [3.05, 3.63) is 23.0 Å². The Bertz CT molecular complexity index is 296. The van der Waals surface area contributed by atoms with E-state index in [1.54, 1.807) is 6.07 Å². The van der Waals surface area contributed by atoms with E-state index in [-0.39, 0.29) is 0 Å². The fourth-order valence-corrected chi connectivity index (χ4v) is 2.64. The molecular weight excluding hydrogens is 230 g/mol. The Morgan fingerprint density at radius 3 is 3.00 bits per heavy atom. The molecule has 1 aromatic rings. The molecule has 0 saturated carbocycles. The van der Waals surface area contributed by atoms with Crippen molar-refractivity contribution in [3.8, 4) is 0 Å². The highest BCUT2D eigenvalue weighted by molar-refractivity contribution is 7.99. The van der Waals surface area contributed by atoms with Gasteiger partial charge in [-0.25, -0.2) is 0 Å². The van der Waals surface area contributed by atoms with Crippen LogP contribution in [-0.2, 0) is 6.54 Å². The predicted molar refractivity (Wildman–Crippen MR) is 64.3 cm³/mol. The van der Waals surface area contributed by atoms with Gasteiger partial charge in [0.25, 0.3) is 0 Å². The second-order valence-corrected chi connectivity index (χ2v) is 5.20. The second-order valence-electron chi connectivity index (χ2n) is 3.59. The first-order valence-corrected chi connectivity index (χ1v) is 6.66. The summed E-state index contributed by atoms with van der Waals surface area (Å²) in [6.45, 7) is 3.21. The molecule has 0 N–H and O–H groups in total. The van der Waals surface area contributed by atoms with E-state index in [1.165, 1.54) is 17.9 Å². The second kappa shape index (κ2) is 5.68. The molecule has 0 atom stereocenters. The van der Waals surface area contributed by atoms with Gasteiger partial charge >= 0.3 is 0 Å². The summed E-state index contributed by atoms with van der Waals surface area (Å²) >= 11 is 7.72. The van der Waals surface area contributed by atoms with Crippen molar-refractivity contribution >= 4 is 23.4 Å². The molecule has 0 unspecified atom stereocenters. The van der Waals surface area contributed by atoms with E-state index in [2.05, 4.69) is 15.1 Å². The first kappa shape index (κ1) is 11.2. The van der Waals surface area contributed by atoms with Crippen LogP contribution in [0.4, 0.5) is 0 Å². The van der Waals surface area contributed by atoms with Crippen molar-refractivity contribution in [3.63, 3.8) is 0 Å². The zero-order valence-corrected chi connectivity index (χ0v) is 10.1. The molecule has 1 fully saturated rings. The highest BCUT2D eigenvalue weighted by atomic mass is 35.5. The highest BCUT2D eigenvalue weighted by Crippen LogP contribution is 2.12. The molecular formula is C10H14ClN3S. The van der Waals surface area contributed by atoms with Gasteiger partial charge in [0.1, 0.15) is 0 Å². The Kier molecular flexibility index (Phi) is 4.23. The van der Waals surface area contributed by atoms with Gasteiger partial charge in [0.2, 0.25) is 0 Å². The highest BCUT2D eigenvalue weighted by Gasteiger charge is 2.10. The van der Waals surface area contributed by atoms with Crippen LogP contribution in [0.2, 0.25) is 5.15 Å². The van der Waals surface area contributed by atoms with Gasteiger partial charge in [0.15, 0.2) is 5.15 Å². The van der Waals surface area contributed by atoms with E-state index in [0.29, 0.717) is 5.15 Å². The molecule has 1 aliphatic heterocycles. The standard InChI is InChI=1S/C10H14ClN3S/c11-10-3-2-9(12-13-10)8-14-4-1-6-15-7-5-14/h2-3H,1,4-8H2. The molecule has 82 valence electrons. The summed E-state index contributed by atoms with van der Waals surface area (Å²) in [6, 6.07) is 3.75. The zero-order valence-electron chi connectivity index (χ0n) is 8.53. The summed E-state index contributed by atoms with van der Waals surface area (Å²) in [7, 11) is 0. The van der Waals surface area contributed by atoms with Gasteiger partial charge in [-0.15, -0.1) is 5.10 Å². The van der Waals surface area contributed by atoms with Gasteiger partial charge in [0, 0.05) is 18.8 Å². The molecule has 0 radical (unpaired) electrons. The fraction of sp³-hybridized carbons (Fsp3) is 0.600. The van der Waals surface area contributed by atoms with E-state index in [0.717, 1.165) is 25.3 Å². The maximum Gasteiger partial charge on any atom is 0.151 e. The molecule has 0 aliphatic carbocycles. The van der Waals surface area contributed by atoms with Crippen LogP contribution in [0.15, 0.2) is 12.1 Å². The van der Waals surface area contributed by atoms with Crippen LogP contribution in [-0.4, -0.2) is 39.7 Å². The van der Waals surface area contributed by atoms with Crippen molar-refractivity contribution < 1.29 is 0 Å². The lowest BCUT2D eigenvalue weighted by Crippen LogP contribution is -2.26. The molecule has 1 saturated heterocycles. The molecule has 0 spiro atoms. The quantitative estimate of drug-likeness (QED) is 0.795. The molecule has 0 bridgehead atoms. The van der Waals surface area contributed by atoms with E-state index in [1.807, 2.05) is 17.8 Å². The van der Waals surface area contributed by atoms with Gasteiger partial charge in [-0.1, -0.05) is 11.6 Å². The third kappa shape index (κ3) is 3.63. The number of aromatic nitrogens is 2. The van der Waals surface area contributed by atoms with Crippen LogP contribution < -0.4 is 0 Å². The Hall–Kier alpha value is -0.320. The number of hydrogen-bond acceptors (Lipinski definition) is 4. The summed E-state index contributed by atoms with van der Waals surface area (Å²) < 4.78 is 0. The van der Waals surface area contributed by atoms with Gasteiger partial charge in [-0.05, 0) is 30.9 Å². The predicted octanol–water partition coefficient (Wildman–Crippen LogP) is 2.07. The fourth-order valence-electron chi connectivity index (χ4n) is 1.61. The van der Waals surface area contributed by atoms with Crippen LogP contribution >= 0.6 is 23.4 Å². The van der Waals surface area contributed by atoms with Crippen LogP contribution in [0.25, 0.3) is 0 Å². The molecule has 0 amide bonds. The number of thioether (sulfide) groups is 1. The van der Waals surface area contributed by atoms with Crippen LogP contribution in [0.5, 0.6) is 0 Å². The van der Waals surface area contributed by atoms with Crippen LogP contribution in [0.1, 0.15) is 12.1 Å². The largest absolute Gasteiger partial charge is 0.297 e. The monoisotopic (exact) mass is 243 g/mol. The first-order chi connectivity index (χ1) is 7.34. The Morgan fingerprint density at radius 1 is 1.27 bits per heavy atom. The van der Waals surface area contributed by atoms with Crippen molar-refractivity contribution in [2.75, 3.05) is 24.6 Å². The Labute approximate surface area is 99.2 Å². The molecule has 2 heterocycles. The molecule has 1 aliphatic rings. The SMILES string of the molecule is Clc1ccc(CN2CCCSCC2)nn1. The van der Waals surface area contributed by atoms with Gasteiger partial charge in [-0.3, -0.25) is 4.90 Å². The van der Waals surface area contributed by atoms with E-state index in [9.17, 15) is 0 Å².